The van der Waals surface area contributed by atoms with Crippen LogP contribution in [0.2, 0.25) is 0 Å². The Kier molecular flexibility index (Phi) is 5.66. The Morgan fingerprint density at radius 3 is 2.50 bits per heavy atom. The molecule has 0 amide bonds. The quantitative estimate of drug-likeness (QED) is 0.432. The first kappa shape index (κ1) is 18.5. The van der Waals surface area contributed by atoms with E-state index in [9.17, 15) is 13.2 Å². The standard InChI is InChI=1S/C15H12N2O5S.Na.H/c1-21-14(18)10-7-8-12-13(9-10)17-15(16-12)23(19,20)22-11-5-3-2-4-6-11;;/h2-9H,1H3,(H,16,17);;. The number of carbonyl (C=O) groups excluding carboxylic acids is 1. The van der Waals surface area contributed by atoms with E-state index in [4.69, 9.17) is 4.18 Å². The minimum absolute atomic E-state index is 0. The number of aromatic nitrogens is 2. The van der Waals surface area contributed by atoms with Crippen molar-refractivity contribution in [1.29, 1.82) is 0 Å². The Balaban J connectivity index is 0.00000208. The second-order valence-electron chi connectivity index (χ2n) is 4.62. The van der Waals surface area contributed by atoms with Gasteiger partial charge in [-0.1, -0.05) is 18.2 Å². The van der Waals surface area contributed by atoms with Crippen molar-refractivity contribution in [3.63, 3.8) is 0 Å². The zero-order chi connectivity index (χ0) is 16.4. The van der Waals surface area contributed by atoms with Gasteiger partial charge in [-0.3, -0.25) is 0 Å². The summed E-state index contributed by atoms with van der Waals surface area (Å²) >= 11 is 0. The van der Waals surface area contributed by atoms with Crippen LogP contribution in [0, 0.1) is 0 Å². The second kappa shape index (κ2) is 7.35. The van der Waals surface area contributed by atoms with Crippen molar-refractivity contribution in [2.24, 2.45) is 0 Å². The molecule has 3 aromatic rings. The van der Waals surface area contributed by atoms with Gasteiger partial charge in [0.15, 0.2) is 0 Å². The summed E-state index contributed by atoms with van der Waals surface area (Å²) in [6, 6.07) is 12.6. The molecule has 0 unspecified atom stereocenters. The van der Waals surface area contributed by atoms with E-state index in [1.165, 1.54) is 37.4 Å². The maximum absolute atomic E-state index is 12.2. The Bertz CT molecular complexity index is 970. The molecule has 1 aromatic heterocycles. The predicted octanol–water partition coefficient (Wildman–Crippen LogP) is 1.47. The summed E-state index contributed by atoms with van der Waals surface area (Å²) in [5, 5.41) is -0.335. The number of nitrogens with one attached hydrogen (secondary N) is 1. The second-order valence-corrected chi connectivity index (χ2v) is 6.08. The van der Waals surface area contributed by atoms with Crippen LogP contribution in [0.5, 0.6) is 5.75 Å². The van der Waals surface area contributed by atoms with Gasteiger partial charge in [0.25, 0.3) is 5.16 Å². The first-order chi connectivity index (χ1) is 11.0. The molecule has 0 bridgehead atoms. The fraction of sp³-hybridized carbons (Fsp3) is 0.0667. The van der Waals surface area contributed by atoms with E-state index in [-0.39, 0.29) is 46.0 Å². The first-order valence-electron chi connectivity index (χ1n) is 6.57. The zero-order valence-electron chi connectivity index (χ0n) is 12.0. The molecule has 0 saturated heterocycles. The molecule has 0 aliphatic rings. The maximum atomic E-state index is 12.2. The third kappa shape index (κ3) is 3.78. The first-order valence-corrected chi connectivity index (χ1v) is 7.98. The number of rotatable bonds is 4. The SMILES string of the molecule is COC(=O)c1ccc2nc(S(=O)(=O)Oc3ccccc3)[nH]c2c1.[NaH]. The van der Waals surface area contributed by atoms with Crippen molar-refractivity contribution in [3.8, 4) is 5.75 Å². The topological polar surface area (TPSA) is 98.3 Å². The van der Waals surface area contributed by atoms with Gasteiger partial charge in [0.2, 0.25) is 0 Å². The number of hydrogen-bond donors (Lipinski definition) is 1. The van der Waals surface area contributed by atoms with Crippen LogP contribution in [0.4, 0.5) is 0 Å². The molecule has 0 aliphatic heterocycles. The van der Waals surface area contributed by atoms with E-state index in [1.807, 2.05) is 0 Å². The molecule has 0 fully saturated rings. The van der Waals surface area contributed by atoms with Crippen LogP contribution in [0.1, 0.15) is 10.4 Å². The number of ether oxygens (including phenoxy) is 1. The average molecular weight is 356 g/mol. The fourth-order valence-corrected chi connectivity index (χ4v) is 2.88. The van der Waals surface area contributed by atoms with Gasteiger partial charge in [-0.05, 0) is 30.3 Å². The van der Waals surface area contributed by atoms with Crippen LogP contribution in [0.15, 0.2) is 53.7 Å². The summed E-state index contributed by atoms with van der Waals surface area (Å²) in [7, 11) is -2.83. The number of esters is 1. The number of carbonyl (C=O) groups is 1. The molecule has 1 N–H and O–H groups in total. The number of imidazole rings is 1. The number of hydrogen-bond acceptors (Lipinski definition) is 6. The van der Waals surface area contributed by atoms with Crippen LogP contribution >= 0.6 is 0 Å². The number of H-pyrrole nitrogens is 1. The monoisotopic (exact) mass is 356 g/mol. The minimum atomic E-state index is -4.10. The molecule has 120 valence electrons. The summed E-state index contributed by atoms with van der Waals surface area (Å²) < 4.78 is 34.1. The summed E-state index contributed by atoms with van der Waals surface area (Å²) in [6.45, 7) is 0. The zero-order valence-corrected chi connectivity index (χ0v) is 12.8. The molecule has 2 aromatic carbocycles. The van der Waals surface area contributed by atoms with Crippen LogP contribution < -0.4 is 4.18 Å². The van der Waals surface area contributed by atoms with Crippen molar-refractivity contribution in [1.82, 2.24) is 9.97 Å². The van der Waals surface area contributed by atoms with E-state index < -0.39 is 16.1 Å². The number of benzene rings is 2. The van der Waals surface area contributed by atoms with Gasteiger partial charge in [0.1, 0.15) is 5.75 Å². The Labute approximate surface area is 160 Å². The molecule has 0 saturated carbocycles. The van der Waals surface area contributed by atoms with Crippen LogP contribution in [-0.4, -0.2) is 61.0 Å². The molecule has 3 rings (SSSR count). The summed E-state index contributed by atoms with van der Waals surface area (Å²) in [5.41, 5.74) is 1.08. The Morgan fingerprint density at radius 1 is 1.12 bits per heavy atom. The van der Waals surface area contributed by atoms with Crippen molar-refractivity contribution >= 4 is 56.7 Å². The average Bonchev–Trinajstić information content (AvgIpc) is 2.98. The number of methoxy groups -OCH3 is 1. The summed E-state index contributed by atoms with van der Waals surface area (Å²) in [6.07, 6.45) is 0. The van der Waals surface area contributed by atoms with Gasteiger partial charge in [0, 0.05) is 0 Å². The van der Waals surface area contributed by atoms with Crippen molar-refractivity contribution in [2.75, 3.05) is 7.11 Å². The van der Waals surface area contributed by atoms with E-state index in [1.54, 1.807) is 18.2 Å². The number of aromatic amines is 1. The van der Waals surface area contributed by atoms with Crippen LogP contribution in [0.3, 0.4) is 0 Å². The molecular weight excluding hydrogens is 343 g/mol. The molecule has 9 heteroatoms. The summed E-state index contributed by atoms with van der Waals surface area (Å²) in [4.78, 5) is 18.1. The van der Waals surface area contributed by atoms with E-state index in [0.717, 1.165) is 0 Å². The van der Waals surface area contributed by atoms with E-state index >= 15 is 0 Å². The molecule has 7 nitrogen and oxygen atoms in total. The van der Waals surface area contributed by atoms with Crippen molar-refractivity contribution in [3.05, 3.63) is 54.1 Å². The molecule has 24 heavy (non-hydrogen) atoms. The van der Waals surface area contributed by atoms with Crippen molar-refractivity contribution in [2.45, 2.75) is 5.16 Å². The predicted molar refractivity (Wildman–Crippen MR) is 88.8 cm³/mol. The summed E-state index contributed by atoms with van der Waals surface area (Å²) in [5.74, 6) is -0.338. The van der Waals surface area contributed by atoms with Gasteiger partial charge in [-0.2, -0.15) is 8.42 Å². The fourth-order valence-electron chi connectivity index (χ4n) is 1.99. The molecule has 0 atom stereocenters. The Hall–Kier alpha value is -1.87. The van der Waals surface area contributed by atoms with Crippen LogP contribution in [-0.2, 0) is 14.9 Å². The van der Waals surface area contributed by atoms with Gasteiger partial charge >= 0.3 is 45.6 Å². The third-order valence-corrected chi connectivity index (χ3v) is 4.15. The third-order valence-electron chi connectivity index (χ3n) is 3.07. The van der Waals surface area contributed by atoms with E-state index in [2.05, 4.69) is 14.7 Å². The van der Waals surface area contributed by atoms with Gasteiger partial charge in [-0.15, -0.1) is 0 Å². The number of para-hydroxylation sites is 1. The normalized spacial score (nSPS) is 10.9. The molecule has 0 radical (unpaired) electrons. The van der Waals surface area contributed by atoms with Gasteiger partial charge in [-0.25, -0.2) is 9.78 Å². The van der Waals surface area contributed by atoms with Crippen molar-refractivity contribution < 1.29 is 22.1 Å². The molecule has 0 spiro atoms. The van der Waals surface area contributed by atoms with Gasteiger partial charge < -0.3 is 13.9 Å². The number of nitrogens with zero attached hydrogens (tertiary/aromatic N) is 1. The van der Waals surface area contributed by atoms with Crippen LogP contribution in [0.25, 0.3) is 11.0 Å². The van der Waals surface area contributed by atoms with E-state index in [0.29, 0.717) is 11.0 Å². The van der Waals surface area contributed by atoms with Gasteiger partial charge in [0.05, 0.1) is 23.7 Å². The Morgan fingerprint density at radius 2 is 1.83 bits per heavy atom. The molecule has 0 aliphatic carbocycles. The molecular formula is C15H13N2NaO5S. The molecule has 1 heterocycles. The number of fused-ring (bicyclic) bond motifs is 1.